The van der Waals surface area contributed by atoms with E-state index in [-0.39, 0.29) is 31.1 Å². The van der Waals surface area contributed by atoms with Crippen LogP contribution in [0.4, 0.5) is 0 Å². The van der Waals surface area contributed by atoms with Crippen LogP contribution in [0, 0.1) is 0 Å². The van der Waals surface area contributed by atoms with E-state index in [1.165, 1.54) is 250 Å². The van der Waals surface area contributed by atoms with Gasteiger partial charge in [-0.05, 0) is 44.9 Å². The third-order valence-electron chi connectivity index (χ3n) is 14.3. The Kier molecular flexibility index (Phi) is 57.1. The Morgan fingerprint density at radius 3 is 0.725 bits per heavy atom. The number of allylic oxidation sites excluding steroid dienone is 2. The van der Waals surface area contributed by atoms with E-state index in [9.17, 15) is 14.4 Å². The van der Waals surface area contributed by atoms with Crippen LogP contribution in [-0.4, -0.2) is 37.2 Å². The minimum atomic E-state index is -0.769. The SMILES string of the molecule is CCCCCCC/C=C\CCCCCCCC(=O)OC(COC(=O)CCCCCCCCCCCCCC)COC(=O)CCCCCCCCCCCCCCCCCCCCCCCCCCC. The highest BCUT2D eigenvalue weighted by Crippen LogP contribution is 2.18. The Morgan fingerprint density at radius 1 is 0.275 bits per heavy atom. The molecule has 0 bridgehead atoms. The molecule has 6 heteroatoms. The molecule has 0 saturated carbocycles. The number of esters is 3. The third kappa shape index (κ3) is 56.9. The van der Waals surface area contributed by atoms with Gasteiger partial charge in [-0.2, -0.15) is 0 Å². The zero-order valence-electron chi connectivity index (χ0n) is 46.9. The van der Waals surface area contributed by atoms with Crippen molar-refractivity contribution in [2.75, 3.05) is 13.2 Å². The van der Waals surface area contributed by atoms with Gasteiger partial charge in [0.2, 0.25) is 0 Å². The number of carbonyl (C=O) groups is 3. The first kappa shape index (κ1) is 67.1. The molecule has 0 radical (unpaired) electrons. The molecule has 0 aromatic rings. The molecule has 0 aliphatic heterocycles. The van der Waals surface area contributed by atoms with Gasteiger partial charge in [-0.25, -0.2) is 0 Å². The van der Waals surface area contributed by atoms with E-state index < -0.39 is 6.10 Å². The number of rotatable bonds is 58. The summed E-state index contributed by atoms with van der Waals surface area (Å²) in [4.78, 5) is 38.2. The molecule has 0 N–H and O–H groups in total. The van der Waals surface area contributed by atoms with Gasteiger partial charge in [-0.3, -0.25) is 14.4 Å². The summed E-state index contributed by atoms with van der Waals surface area (Å²) in [5, 5.41) is 0. The van der Waals surface area contributed by atoms with Crippen molar-refractivity contribution in [3.8, 4) is 0 Å². The molecule has 0 heterocycles. The van der Waals surface area contributed by atoms with E-state index in [4.69, 9.17) is 14.2 Å². The molecule has 1 atom stereocenters. The maximum atomic E-state index is 12.8. The number of ether oxygens (including phenoxy) is 3. The van der Waals surface area contributed by atoms with E-state index in [1.54, 1.807) is 0 Å². The molecule has 0 aromatic carbocycles. The lowest BCUT2D eigenvalue weighted by Crippen LogP contribution is -2.30. The molecule has 408 valence electrons. The fourth-order valence-electron chi connectivity index (χ4n) is 9.56. The molecular formula is C63H120O6. The van der Waals surface area contributed by atoms with E-state index in [1.807, 2.05) is 0 Å². The second-order valence-corrected chi connectivity index (χ2v) is 21.3. The van der Waals surface area contributed by atoms with Crippen molar-refractivity contribution in [2.45, 2.75) is 361 Å². The Bertz CT molecular complexity index is 1070. The minimum absolute atomic E-state index is 0.0673. The Morgan fingerprint density at radius 2 is 0.478 bits per heavy atom. The summed E-state index contributed by atoms with van der Waals surface area (Å²) in [6, 6.07) is 0. The van der Waals surface area contributed by atoms with Crippen LogP contribution in [0.15, 0.2) is 12.2 Å². The number of unbranched alkanes of at least 4 members (excludes halogenated alkanes) is 45. The fraction of sp³-hybridized carbons (Fsp3) is 0.921. The van der Waals surface area contributed by atoms with Gasteiger partial charge in [0, 0.05) is 19.3 Å². The lowest BCUT2D eigenvalue weighted by Gasteiger charge is -2.18. The van der Waals surface area contributed by atoms with Crippen LogP contribution in [0.3, 0.4) is 0 Å². The van der Waals surface area contributed by atoms with Crippen LogP contribution in [0.5, 0.6) is 0 Å². The summed E-state index contributed by atoms with van der Waals surface area (Å²) in [6.07, 6.45) is 68.0. The topological polar surface area (TPSA) is 78.9 Å². The van der Waals surface area contributed by atoms with Crippen molar-refractivity contribution in [3.63, 3.8) is 0 Å². The average Bonchev–Trinajstić information content (AvgIpc) is 3.35. The summed E-state index contributed by atoms with van der Waals surface area (Å²) >= 11 is 0. The molecule has 0 aromatic heterocycles. The molecule has 69 heavy (non-hydrogen) atoms. The summed E-state index contributed by atoms with van der Waals surface area (Å²) in [5.41, 5.74) is 0. The van der Waals surface area contributed by atoms with Crippen LogP contribution < -0.4 is 0 Å². The van der Waals surface area contributed by atoms with E-state index in [2.05, 4.69) is 32.9 Å². The van der Waals surface area contributed by atoms with Crippen LogP contribution in [0.2, 0.25) is 0 Å². The first-order valence-electron chi connectivity index (χ1n) is 31.2. The fourth-order valence-corrected chi connectivity index (χ4v) is 9.56. The highest BCUT2D eigenvalue weighted by atomic mass is 16.6. The standard InChI is InChI=1S/C63H120O6/c1-4-7-10-13-16-19-22-25-27-28-29-30-31-32-33-34-35-36-37-39-41-44-47-50-53-56-62(65)68-59-60(58-67-61(64)55-52-49-46-43-40-24-21-18-15-12-9-6-3)69-63(66)57-54-51-48-45-42-38-26-23-20-17-14-11-8-5-2/h23,26,60H,4-22,24-25,27-59H2,1-3H3/b26-23-. The molecule has 0 saturated heterocycles. The Hall–Kier alpha value is -1.85. The summed E-state index contributed by atoms with van der Waals surface area (Å²) in [7, 11) is 0. The quantitative estimate of drug-likeness (QED) is 0.0261. The normalized spacial score (nSPS) is 12.0. The van der Waals surface area contributed by atoms with Crippen LogP contribution in [-0.2, 0) is 28.6 Å². The van der Waals surface area contributed by atoms with Gasteiger partial charge in [0.25, 0.3) is 0 Å². The molecule has 0 rings (SSSR count). The molecule has 0 aliphatic carbocycles. The molecule has 0 amide bonds. The molecule has 1 unspecified atom stereocenters. The highest BCUT2D eigenvalue weighted by molar-refractivity contribution is 5.71. The predicted molar refractivity (Wildman–Crippen MR) is 298 cm³/mol. The van der Waals surface area contributed by atoms with Crippen LogP contribution in [0.1, 0.15) is 355 Å². The van der Waals surface area contributed by atoms with E-state index in [0.717, 1.165) is 64.2 Å². The Balaban J connectivity index is 4.17. The second-order valence-electron chi connectivity index (χ2n) is 21.3. The summed E-state index contributed by atoms with van der Waals surface area (Å²) in [5.74, 6) is -0.850. The minimum Gasteiger partial charge on any atom is -0.462 e. The van der Waals surface area contributed by atoms with E-state index >= 15 is 0 Å². The first-order chi connectivity index (χ1) is 34.0. The highest BCUT2D eigenvalue weighted by Gasteiger charge is 2.19. The zero-order valence-corrected chi connectivity index (χ0v) is 46.9. The Labute approximate surface area is 431 Å². The molecule has 0 spiro atoms. The molecular weight excluding hydrogens is 853 g/mol. The van der Waals surface area contributed by atoms with Crippen molar-refractivity contribution in [2.24, 2.45) is 0 Å². The van der Waals surface area contributed by atoms with Crippen molar-refractivity contribution < 1.29 is 28.6 Å². The number of hydrogen-bond donors (Lipinski definition) is 0. The van der Waals surface area contributed by atoms with Gasteiger partial charge in [0.15, 0.2) is 6.10 Å². The van der Waals surface area contributed by atoms with Gasteiger partial charge in [0.05, 0.1) is 0 Å². The largest absolute Gasteiger partial charge is 0.462 e. The second kappa shape index (κ2) is 58.7. The van der Waals surface area contributed by atoms with Gasteiger partial charge < -0.3 is 14.2 Å². The van der Waals surface area contributed by atoms with Crippen molar-refractivity contribution in [1.82, 2.24) is 0 Å². The lowest BCUT2D eigenvalue weighted by atomic mass is 10.0. The van der Waals surface area contributed by atoms with Crippen molar-refractivity contribution >= 4 is 17.9 Å². The van der Waals surface area contributed by atoms with Gasteiger partial charge in [0.1, 0.15) is 13.2 Å². The average molecular weight is 974 g/mol. The smallest absolute Gasteiger partial charge is 0.306 e. The van der Waals surface area contributed by atoms with Crippen molar-refractivity contribution in [3.05, 3.63) is 12.2 Å². The molecule has 6 nitrogen and oxygen atoms in total. The van der Waals surface area contributed by atoms with Crippen LogP contribution >= 0.6 is 0 Å². The number of carbonyl (C=O) groups excluding carboxylic acids is 3. The monoisotopic (exact) mass is 973 g/mol. The summed E-state index contributed by atoms with van der Waals surface area (Å²) in [6.45, 7) is 6.68. The predicted octanol–water partition coefficient (Wildman–Crippen LogP) is 20.9. The maximum absolute atomic E-state index is 12.8. The number of hydrogen-bond acceptors (Lipinski definition) is 6. The van der Waals surface area contributed by atoms with Gasteiger partial charge in [-0.1, -0.05) is 303 Å². The summed E-state index contributed by atoms with van der Waals surface area (Å²) < 4.78 is 16.9. The first-order valence-corrected chi connectivity index (χ1v) is 31.2. The van der Waals surface area contributed by atoms with Gasteiger partial charge in [-0.15, -0.1) is 0 Å². The molecule has 0 aliphatic rings. The van der Waals surface area contributed by atoms with E-state index in [0.29, 0.717) is 19.3 Å². The zero-order chi connectivity index (χ0) is 50.0. The third-order valence-corrected chi connectivity index (χ3v) is 14.3. The van der Waals surface area contributed by atoms with Crippen LogP contribution in [0.25, 0.3) is 0 Å². The van der Waals surface area contributed by atoms with Gasteiger partial charge >= 0.3 is 17.9 Å². The maximum Gasteiger partial charge on any atom is 0.306 e. The van der Waals surface area contributed by atoms with Crippen molar-refractivity contribution in [1.29, 1.82) is 0 Å². The molecule has 0 fully saturated rings. The lowest BCUT2D eigenvalue weighted by molar-refractivity contribution is -0.167.